The van der Waals surface area contributed by atoms with E-state index in [0.717, 1.165) is 31.7 Å². The third kappa shape index (κ3) is 3.33. The summed E-state index contributed by atoms with van der Waals surface area (Å²) >= 11 is 1.72. The molecule has 2 atom stereocenters. The van der Waals surface area contributed by atoms with Crippen molar-refractivity contribution in [2.24, 2.45) is 5.73 Å². The number of benzene rings is 1. The van der Waals surface area contributed by atoms with Crippen LogP contribution < -0.4 is 10.5 Å². The monoisotopic (exact) mass is 380 g/mol. The molecule has 0 aliphatic heterocycles. The van der Waals surface area contributed by atoms with Gasteiger partial charge in [-0.25, -0.2) is 4.39 Å². The van der Waals surface area contributed by atoms with Gasteiger partial charge in [-0.3, -0.25) is 10.1 Å². The largest absolute Gasteiger partial charge is 0.482 e. The average molecular weight is 380 g/mol. The number of rotatable bonds is 3. The molecule has 1 aromatic carbocycles. The van der Waals surface area contributed by atoms with Crippen molar-refractivity contribution in [3.05, 3.63) is 31.6 Å². The van der Waals surface area contributed by atoms with Crippen LogP contribution in [0.5, 0.6) is 5.75 Å². The zero-order valence-corrected chi connectivity index (χ0v) is 12.3. The first-order valence-electron chi connectivity index (χ1n) is 6.04. The molecule has 1 aliphatic carbocycles. The molecule has 2 unspecified atom stereocenters. The molecule has 1 saturated carbocycles. The van der Waals surface area contributed by atoms with Crippen LogP contribution >= 0.6 is 22.6 Å². The van der Waals surface area contributed by atoms with Crippen LogP contribution in [0, 0.1) is 19.5 Å². The summed E-state index contributed by atoms with van der Waals surface area (Å²) in [5.74, 6) is -0.559. The number of nitro benzene ring substituents is 1. The summed E-state index contributed by atoms with van der Waals surface area (Å²) in [6.45, 7) is 0. The highest BCUT2D eigenvalue weighted by molar-refractivity contribution is 14.1. The van der Waals surface area contributed by atoms with Crippen LogP contribution in [0.3, 0.4) is 0 Å². The molecule has 5 nitrogen and oxygen atoms in total. The minimum Gasteiger partial charge on any atom is -0.482 e. The minimum atomic E-state index is -0.564. The van der Waals surface area contributed by atoms with E-state index in [-0.39, 0.29) is 27.2 Å². The lowest BCUT2D eigenvalue weighted by molar-refractivity contribution is -0.386. The van der Waals surface area contributed by atoms with Crippen LogP contribution in [0.25, 0.3) is 0 Å². The number of ether oxygens (including phenoxy) is 1. The molecule has 0 aromatic heterocycles. The summed E-state index contributed by atoms with van der Waals surface area (Å²) in [5, 5.41) is 11.0. The topological polar surface area (TPSA) is 78.4 Å². The van der Waals surface area contributed by atoms with Crippen LogP contribution in [0.4, 0.5) is 10.1 Å². The van der Waals surface area contributed by atoms with Gasteiger partial charge in [0.2, 0.25) is 0 Å². The van der Waals surface area contributed by atoms with Gasteiger partial charge in [0.25, 0.3) is 0 Å². The van der Waals surface area contributed by atoms with Crippen LogP contribution in [-0.4, -0.2) is 17.1 Å². The van der Waals surface area contributed by atoms with Gasteiger partial charge in [-0.2, -0.15) is 0 Å². The number of hydrogen-bond donors (Lipinski definition) is 1. The van der Waals surface area contributed by atoms with Gasteiger partial charge in [0, 0.05) is 18.2 Å². The van der Waals surface area contributed by atoms with E-state index in [9.17, 15) is 14.5 Å². The van der Waals surface area contributed by atoms with Gasteiger partial charge < -0.3 is 10.5 Å². The molecule has 0 saturated heterocycles. The highest BCUT2D eigenvalue weighted by atomic mass is 127. The molecule has 0 spiro atoms. The fourth-order valence-electron chi connectivity index (χ4n) is 2.19. The Morgan fingerprint density at radius 3 is 2.74 bits per heavy atom. The summed E-state index contributed by atoms with van der Waals surface area (Å²) in [6.07, 6.45) is 3.28. The number of nitrogens with zero attached hydrogens (tertiary/aromatic N) is 1. The number of nitro groups is 1. The fourth-order valence-corrected chi connectivity index (χ4v) is 2.64. The van der Waals surface area contributed by atoms with Gasteiger partial charge in [-0.15, -0.1) is 0 Å². The van der Waals surface area contributed by atoms with Crippen molar-refractivity contribution in [3.63, 3.8) is 0 Å². The molecule has 0 heterocycles. The van der Waals surface area contributed by atoms with E-state index in [4.69, 9.17) is 10.5 Å². The smallest absolute Gasteiger partial charge is 0.312 e. The Morgan fingerprint density at radius 1 is 1.42 bits per heavy atom. The molecule has 1 fully saturated rings. The Balaban J connectivity index is 2.27. The molecule has 2 rings (SSSR count). The van der Waals surface area contributed by atoms with Crippen molar-refractivity contribution in [2.75, 3.05) is 0 Å². The van der Waals surface area contributed by atoms with Crippen molar-refractivity contribution in [3.8, 4) is 5.75 Å². The van der Waals surface area contributed by atoms with Crippen LogP contribution in [0.2, 0.25) is 0 Å². The Bertz CT molecular complexity index is 498. The quantitative estimate of drug-likeness (QED) is 0.497. The van der Waals surface area contributed by atoms with Crippen molar-refractivity contribution < 1.29 is 14.1 Å². The summed E-state index contributed by atoms with van der Waals surface area (Å²) in [6, 6.07) is 2.09. The van der Waals surface area contributed by atoms with Crippen LogP contribution in [0.15, 0.2) is 12.1 Å². The predicted molar refractivity (Wildman–Crippen MR) is 76.6 cm³/mol. The Hall–Kier alpha value is -0.960. The average Bonchev–Trinajstić information content (AvgIpc) is 2.36. The van der Waals surface area contributed by atoms with Gasteiger partial charge >= 0.3 is 5.69 Å². The first kappa shape index (κ1) is 14.4. The van der Waals surface area contributed by atoms with E-state index in [2.05, 4.69) is 0 Å². The van der Waals surface area contributed by atoms with Gasteiger partial charge in [0.1, 0.15) is 11.9 Å². The highest BCUT2D eigenvalue weighted by Crippen LogP contribution is 2.33. The zero-order chi connectivity index (χ0) is 14.0. The third-order valence-electron chi connectivity index (χ3n) is 3.23. The normalized spacial score (nSPS) is 23.1. The van der Waals surface area contributed by atoms with Gasteiger partial charge in [0.05, 0.1) is 8.49 Å². The third-order valence-corrected chi connectivity index (χ3v) is 4.06. The van der Waals surface area contributed by atoms with Crippen molar-refractivity contribution >= 4 is 28.3 Å². The fraction of sp³-hybridized carbons (Fsp3) is 0.500. The molecule has 19 heavy (non-hydrogen) atoms. The van der Waals surface area contributed by atoms with Gasteiger partial charge in [-0.1, -0.05) is 6.42 Å². The SMILES string of the molecule is NC1CCCCC1Oc1cc(F)c(I)cc1[N+](=O)[O-]. The van der Waals surface area contributed by atoms with Gasteiger partial charge in [0.15, 0.2) is 5.75 Å². The lowest BCUT2D eigenvalue weighted by atomic mass is 9.93. The van der Waals surface area contributed by atoms with Crippen molar-refractivity contribution in [1.82, 2.24) is 0 Å². The summed E-state index contributed by atoms with van der Waals surface area (Å²) in [7, 11) is 0. The maximum absolute atomic E-state index is 13.5. The molecular weight excluding hydrogens is 366 g/mol. The van der Waals surface area contributed by atoms with Crippen LogP contribution in [0.1, 0.15) is 25.7 Å². The second-order valence-corrected chi connectivity index (χ2v) is 5.76. The van der Waals surface area contributed by atoms with Crippen molar-refractivity contribution in [1.29, 1.82) is 0 Å². The van der Waals surface area contributed by atoms with E-state index in [1.165, 1.54) is 6.07 Å². The molecular formula is C12H14FIN2O3. The van der Waals surface area contributed by atoms with Crippen molar-refractivity contribution in [2.45, 2.75) is 37.8 Å². The molecule has 0 amide bonds. The molecule has 0 bridgehead atoms. The molecule has 1 aliphatic rings. The maximum atomic E-state index is 13.5. The lowest BCUT2D eigenvalue weighted by Crippen LogP contribution is -2.41. The Labute approximate surface area is 123 Å². The van der Waals surface area contributed by atoms with Gasteiger partial charge in [-0.05, 0) is 41.9 Å². The number of hydrogen-bond acceptors (Lipinski definition) is 4. The number of halogens is 2. The zero-order valence-electron chi connectivity index (χ0n) is 10.1. The number of nitrogens with two attached hydrogens (primary N) is 1. The summed E-state index contributed by atoms with van der Waals surface area (Å²) in [5.41, 5.74) is 5.71. The highest BCUT2D eigenvalue weighted by Gasteiger charge is 2.27. The molecule has 7 heteroatoms. The van der Waals surface area contributed by atoms with E-state index in [1.807, 2.05) is 0 Å². The Morgan fingerprint density at radius 2 is 2.11 bits per heavy atom. The molecule has 104 valence electrons. The molecule has 0 radical (unpaired) electrons. The second kappa shape index (κ2) is 6.00. The summed E-state index contributed by atoms with van der Waals surface area (Å²) in [4.78, 5) is 10.4. The van der Waals surface area contributed by atoms with E-state index >= 15 is 0 Å². The Kier molecular flexibility index (Phi) is 4.56. The standard InChI is InChI=1S/C12H14FIN2O3/c13-7-5-12(10(16(17)18)6-8(7)14)19-11-4-2-1-3-9(11)15/h5-6,9,11H,1-4,15H2. The maximum Gasteiger partial charge on any atom is 0.312 e. The predicted octanol–water partition coefficient (Wildman–Crippen LogP) is 2.99. The molecule has 1 aromatic rings. The minimum absolute atomic E-state index is 0.0368. The lowest BCUT2D eigenvalue weighted by Gasteiger charge is -2.28. The van der Waals surface area contributed by atoms with E-state index < -0.39 is 10.7 Å². The van der Waals surface area contributed by atoms with E-state index in [1.54, 1.807) is 22.6 Å². The molecule has 2 N–H and O–H groups in total. The first-order chi connectivity index (χ1) is 8.99. The van der Waals surface area contributed by atoms with Crippen LogP contribution in [-0.2, 0) is 0 Å². The van der Waals surface area contributed by atoms with E-state index in [0.29, 0.717) is 0 Å². The second-order valence-electron chi connectivity index (χ2n) is 4.60. The summed E-state index contributed by atoms with van der Waals surface area (Å²) < 4.78 is 19.3. The first-order valence-corrected chi connectivity index (χ1v) is 7.12.